The van der Waals surface area contributed by atoms with Crippen LogP contribution in [0.3, 0.4) is 0 Å². The highest BCUT2D eigenvalue weighted by molar-refractivity contribution is 5.17. The molecule has 3 heteroatoms. The van der Waals surface area contributed by atoms with Crippen molar-refractivity contribution in [3.05, 3.63) is 18.0 Å². The molecule has 13 heavy (non-hydrogen) atoms. The van der Waals surface area contributed by atoms with Gasteiger partial charge in [0, 0.05) is 12.4 Å². The van der Waals surface area contributed by atoms with Crippen LogP contribution in [0.15, 0.2) is 12.4 Å². The van der Waals surface area contributed by atoms with E-state index in [2.05, 4.69) is 16.9 Å². The molecule has 0 saturated heterocycles. The van der Waals surface area contributed by atoms with Gasteiger partial charge in [-0.05, 0) is 18.4 Å². The van der Waals surface area contributed by atoms with Gasteiger partial charge in [-0.2, -0.15) is 0 Å². The molecule has 0 radical (unpaired) electrons. The summed E-state index contributed by atoms with van der Waals surface area (Å²) in [5.74, 6) is 0.359. The first kappa shape index (κ1) is 9.96. The van der Waals surface area contributed by atoms with Gasteiger partial charge in [-0.3, -0.25) is 0 Å². The van der Waals surface area contributed by atoms with Crippen LogP contribution in [0, 0.1) is 0 Å². The van der Waals surface area contributed by atoms with Crippen LogP contribution in [0.1, 0.15) is 38.2 Å². The molecule has 1 heterocycles. The monoisotopic (exact) mass is 179 g/mol. The molecule has 2 N–H and O–H groups in total. The Labute approximate surface area is 79.4 Å². The number of nitrogens with two attached hydrogens (primary N) is 1. The van der Waals surface area contributed by atoms with E-state index < -0.39 is 0 Å². The Bertz CT molecular complexity index is 230. The number of aryl methyl sites for hydroxylation is 1. The minimum atomic E-state index is 0.359. The molecule has 0 bridgehead atoms. The van der Waals surface area contributed by atoms with E-state index in [4.69, 9.17) is 5.73 Å². The number of anilines is 1. The Hall–Kier alpha value is -1.12. The Morgan fingerprint density at radius 1 is 1.15 bits per heavy atom. The first-order chi connectivity index (χ1) is 6.33. The van der Waals surface area contributed by atoms with Gasteiger partial charge in [0.2, 0.25) is 5.95 Å². The summed E-state index contributed by atoms with van der Waals surface area (Å²) in [4.78, 5) is 7.89. The number of aromatic nitrogens is 2. The minimum Gasteiger partial charge on any atom is -0.368 e. The maximum absolute atomic E-state index is 5.38. The van der Waals surface area contributed by atoms with Crippen LogP contribution in [-0.2, 0) is 6.42 Å². The third kappa shape index (κ3) is 3.87. The predicted octanol–water partition coefficient (Wildman–Crippen LogP) is 2.18. The normalized spacial score (nSPS) is 10.2. The van der Waals surface area contributed by atoms with Crippen molar-refractivity contribution in [3.8, 4) is 0 Å². The van der Waals surface area contributed by atoms with Gasteiger partial charge in [-0.25, -0.2) is 9.97 Å². The lowest BCUT2D eigenvalue weighted by molar-refractivity contribution is 0.665. The van der Waals surface area contributed by atoms with Crippen LogP contribution in [0.4, 0.5) is 5.95 Å². The van der Waals surface area contributed by atoms with Crippen molar-refractivity contribution < 1.29 is 0 Å². The molecule has 1 aromatic heterocycles. The SMILES string of the molecule is CCCCCCc1cnc(N)nc1. The fourth-order valence-electron chi connectivity index (χ4n) is 1.25. The molecule has 0 amide bonds. The minimum absolute atomic E-state index is 0.359. The van der Waals surface area contributed by atoms with E-state index in [9.17, 15) is 0 Å². The van der Waals surface area contributed by atoms with Gasteiger partial charge in [0.05, 0.1) is 0 Å². The topological polar surface area (TPSA) is 51.8 Å². The zero-order valence-electron chi connectivity index (χ0n) is 8.16. The standard InChI is InChI=1S/C10H17N3/c1-2-3-4-5-6-9-7-12-10(11)13-8-9/h7-8H,2-6H2,1H3,(H2,11,12,13). The average Bonchev–Trinajstić information content (AvgIpc) is 2.15. The number of hydrogen-bond acceptors (Lipinski definition) is 3. The van der Waals surface area contributed by atoms with Crippen LogP contribution in [0.5, 0.6) is 0 Å². The van der Waals surface area contributed by atoms with E-state index >= 15 is 0 Å². The Balaban J connectivity index is 2.25. The third-order valence-corrected chi connectivity index (χ3v) is 2.04. The van der Waals surface area contributed by atoms with E-state index in [0.29, 0.717) is 5.95 Å². The molecule has 0 saturated carbocycles. The van der Waals surface area contributed by atoms with Crippen LogP contribution < -0.4 is 5.73 Å². The Kier molecular flexibility index (Phi) is 4.23. The smallest absolute Gasteiger partial charge is 0.219 e. The van der Waals surface area contributed by atoms with Crippen LogP contribution in [0.25, 0.3) is 0 Å². The van der Waals surface area contributed by atoms with Gasteiger partial charge in [0.25, 0.3) is 0 Å². The molecule has 0 aliphatic heterocycles. The fraction of sp³-hybridized carbons (Fsp3) is 0.600. The number of nitrogens with zero attached hydrogens (tertiary/aromatic N) is 2. The van der Waals surface area contributed by atoms with Gasteiger partial charge >= 0.3 is 0 Å². The fourth-order valence-corrected chi connectivity index (χ4v) is 1.25. The second-order valence-electron chi connectivity index (χ2n) is 3.26. The zero-order chi connectivity index (χ0) is 9.52. The summed E-state index contributed by atoms with van der Waals surface area (Å²) in [5, 5.41) is 0. The highest BCUT2D eigenvalue weighted by atomic mass is 15.0. The lowest BCUT2D eigenvalue weighted by Crippen LogP contribution is -1.95. The molecule has 0 aliphatic rings. The quantitative estimate of drug-likeness (QED) is 0.705. The maximum Gasteiger partial charge on any atom is 0.219 e. The predicted molar refractivity (Wildman–Crippen MR) is 54.3 cm³/mol. The van der Waals surface area contributed by atoms with Gasteiger partial charge in [0.15, 0.2) is 0 Å². The first-order valence-corrected chi connectivity index (χ1v) is 4.89. The zero-order valence-corrected chi connectivity index (χ0v) is 8.16. The molecule has 3 nitrogen and oxygen atoms in total. The van der Waals surface area contributed by atoms with Crippen molar-refractivity contribution >= 4 is 5.95 Å². The van der Waals surface area contributed by atoms with E-state index in [1.165, 1.54) is 31.2 Å². The third-order valence-electron chi connectivity index (χ3n) is 2.04. The molecule has 0 unspecified atom stereocenters. The summed E-state index contributed by atoms with van der Waals surface area (Å²) >= 11 is 0. The van der Waals surface area contributed by atoms with E-state index in [0.717, 1.165) is 6.42 Å². The number of unbranched alkanes of at least 4 members (excludes halogenated alkanes) is 3. The van der Waals surface area contributed by atoms with Crippen molar-refractivity contribution in [2.75, 3.05) is 5.73 Å². The first-order valence-electron chi connectivity index (χ1n) is 4.89. The molecular formula is C10H17N3. The molecule has 0 spiro atoms. The van der Waals surface area contributed by atoms with Crippen molar-refractivity contribution in [3.63, 3.8) is 0 Å². The highest BCUT2D eigenvalue weighted by Gasteiger charge is 1.94. The lowest BCUT2D eigenvalue weighted by Gasteiger charge is -1.99. The highest BCUT2D eigenvalue weighted by Crippen LogP contribution is 2.06. The van der Waals surface area contributed by atoms with Crippen LogP contribution in [0.2, 0.25) is 0 Å². The molecule has 1 rings (SSSR count). The molecule has 72 valence electrons. The van der Waals surface area contributed by atoms with Gasteiger partial charge in [-0.1, -0.05) is 26.2 Å². The second-order valence-corrected chi connectivity index (χ2v) is 3.26. The summed E-state index contributed by atoms with van der Waals surface area (Å²) in [6, 6.07) is 0. The van der Waals surface area contributed by atoms with Gasteiger partial charge in [-0.15, -0.1) is 0 Å². The Morgan fingerprint density at radius 2 is 1.85 bits per heavy atom. The summed E-state index contributed by atoms with van der Waals surface area (Å²) in [7, 11) is 0. The number of hydrogen-bond donors (Lipinski definition) is 1. The molecule has 0 atom stereocenters. The molecule has 1 aromatic rings. The average molecular weight is 179 g/mol. The summed E-state index contributed by atoms with van der Waals surface area (Å²) in [6.45, 7) is 2.21. The number of nitrogen functional groups attached to an aromatic ring is 1. The molecule has 0 fully saturated rings. The van der Waals surface area contributed by atoms with Crippen molar-refractivity contribution in [2.24, 2.45) is 0 Å². The van der Waals surface area contributed by atoms with Crippen LogP contribution in [-0.4, -0.2) is 9.97 Å². The van der Waals surface area contributed by atoms with E-state index in [-0.39, 0.29) is 0 Å². The van der Waals surface area contributed by atoms with Crippen LogP contribution >= 0.6 is 0 Å². The number of rotatable bonds is 5. The second kappa shape index (κ2) is 5.51. The summed E-state index contributed by atoms with van der Waals surface area (Å²) in [6.07, 6.45) is 9.80. The summed E-state index contributed by atoms with van der Waals surface area (Å²) < 4.78 is 0. The lowest BCUT2D eigenvalue weighted by atomic mass is 10.1. The summed E-state index contributed by atoms with van der Waals surface area (Å²) in [5.41, 5.74) is 6.57. The largest absolute Gasteiger partial charge is 0.368 e. The maximum atomic E-state index is 5.38. The van der Waals surface area contributed by atoms with Crippen molar-refractivity contribution in [1.29, 1.82) is 0 Å². The van der Waals surface area contributed by atoms with Crippen molar-refractivity contribution in [2.45, 2.75) is 39.0 Å². The molecule has 0 aromatic carbocycles. The van der Waals surface area contributed by atoms with Crippen molar-refractivity contribution in [1.82, 2.24) is 9.97 Å². The van der Waals surface area contributed by atoms with Gasteiger partial charge in [0.1, 0.15) is 0 Å². The molecule has 0 aliphatic carbocycles. The van der Waals surface area contributed by atoms with E-state index in [1.807, 2.05) is 12.4 Å². The van der Waals surface area contributed by atoms with E-state index in [1.54, 1.807) is 0 Å². The molecular weight excluding hydrogens is 162 g/mol. The van der Waals surface area contributed by atoms with Gasteiger partial charge < -0.3 is 5.73 Å². The Morgan fingerprint density at radius 3 is 2.46 bits per heavy atom.